The van der Waals surface area contributed by atoms with Gasteiger partial charge in [0, 0.05) is 11.9 Å². The Morgan fingerprint density at radius 3 is 2.74 bits per heavy atom. The molecule has 0 aliphatic heterocycles. The van der Waals surface area contributed by atoms with E-state index in [1.807, 2.05) is 31.2 Å². The van der Waals surface area contributed by atoms with E-state index in [1.165, 1.54) is 18.3 Å². The van der Waals surface area contributed by atoms with Crippen molar-refractivity contribution in [2.24, 2.45) is 0 Å². The summed E-state index contributed by atoms with van der Waals surface area (Å²) in [4.78, 5) is 44.1. The molecule has 0 atom stereocenters. The number of thiophene rings is 1. The number of carbonyl (C=O) groups excluding carboxylic acids is 2. The van der Waals surface area contributed by atoms with E-state index >= 15 is 0 Å². The lowest BCUT2D eigenvalue weighted by atomic mass is 10.1. The summed E-state index contributed by atoms with van der Waals surface area (Å²) in [5.41, 5.74) is 2.76. The lowest BCUT2D eigenvalue weighted by Crippen LogP contribution is -2.38. The minimum Gasteiger partial charge on any atom is -0.341 e. The molecule has 7 nitrogen and oxygen atoms in total. The number of para-hydroxylation sites is 1. The van der Waals surface area contributed by atoms with Crippen molar-refractivity contribution in [2.75, 3.05) is 12.8 Å². The number of urea groups is 1. The molecule has 1 aromatic carbocycles. The van der Waals surface area contributed by atoms with Crippen molar-refractivity contribution in [3.05, 3.63) is 50.6 Å². The number of fused-ring (bicyclic) bond motifs is 3. The fraction of sp³-hybridized carbons (Fsp3) is 0.364. The van der Waals surface area contributed by atoms with E-state index in [-0.39, 0.29) is 11.3 Å². The number of rotatable bonds is 4. The van der Waals surface area contributed by atoms with E-state index in [2.05, 4.69) is 10.6 Å². The monoisotopic (exact) mass is 456 g/mol. The second-order valence-corrected chi connectivity index (χ2v) is 9.51. The van der Waals surface area contributed by atoms with Gasteiger partial charge in [-0.15, -0.1) is 11.3 Å². The van der Waals surface area contributed by atoms with Crippen molar-refractivity contribution in [3.63, 3.8) is 0 Å². The summed E-state index contributed by atoms with van der Waals surface area (Å²) >= 11 is 2.75. The van der Waals surface area contributed by atoms with Gasteiger partial charge in [0.05, 0.1) is 16.8 Å². The number of amides is 3. The molecule has 3 aromatic rings. The van der Waals surface area contributed by atoms with E-state index in [9.17, 15) is 14.4 Å². The van der Waals surface area contributed by atoms with E-state index < -0.39 is 11.9 Å². The maximum Gasteiger partial charge on any atom is 0.321 e. The average Bonchev–Trinajstić information content (AvgIpc) is 2.94. The van der Waals surface area contributed by atoms with Gasteiger partial charge in [-0.3, -0.25) is 19.5 Å². The highest BCUT2D eigenvalue weighted by atomic mass is 32.2. The summed E-state index contributed by atoms with van der Waals surface area (Å²) in [5.74, 6) is -0.473. The number of benzene rings is 1. The van der Waals surface area contributed by atoms with Crippen LogP contribution in [0.1, 0.15) is 35.3 Å². The highest BCUT2D eigenvalue weighted by molar-refractivity contribution is 7.99. The fourth-order valence-corrected chi connectivity index (χ4v) is 5.95. The van der Waals surface area contributed by atoms with Crippen LogP contribution >= 0.6 is 23.1 Å². The maximum atomic E-state index is 13.8. The first-order valence-corrected chi connectivity index (χ1v) is 12.1. The third-order valence-corrected chi connectivity index (χ3v) is 7.50. The molecule has 1 aliphatic carbocycles. The number of aryl methyl sites for hydroxylation is 3. The SMILES string of the molecule is CNC(=O)NC(=O)CSc1nc2sc3c(c2c(=O)n1-c1ccccc1C)CCCCC3. The molecule has 0 saturated carbocycles. The topological polar surface area (TPSA) is 93.1 Å². The minimum atomic E-state index is -0.563. The van der Waals surface area contributed by atoms with Crippen LogP contribution in [0.5, 0.6) is 0 Å². The fourth-order valence-electron chi connectivity index (χ4n) is 3.84. The molecule has 2 heterocycles. The van der Waals surface area contributed by atoms with Crippen molar-refractivity contribution in [3.8, 4) is 5.69 Å². The predicted octanol–water partition coefficient (Wildman–Crippen LogP) is 3.57. The summed E-state index contributed by atoms with van der Waals surface area (Å²) in [6, 6.07) is 7.10. The van der Waals surface area contributed by atoms with Crippen LogP contribution in [-0.4, -0.2) is 34.3 Å². The molecule has 1 aliphatic rings. The number of nitrogens with one attached hydrogen (secondary N) is 2. The molecule has 0 radical (unpaired) electrons. The van der Waals surface area contributed by atoms with E-state index in [1.54, 1.807) is 15.9 Å². The molecule has 9 heteroatoms. The molecule has 3 amide bonds. The molecule has 0 unspecified atom stereocenters. The van der Waals surface area contributed by atoms with Crippen LogP contribution < -0.4 is 16.2 Å². The Labute approximate surface area is 188 Å². The highest BCUT2D eigenvalue weighted by Gasteiger charge is 2.23. The van der Waals surface area contributed by atoms with Gasteiger partial charge in [-0.1, -0.05) is 36.4 Å². The molecule has 0 spiro atoms. The molecule has 0 bridgehead atoms. The quantitative estimate of drug-likeness (QED) is 0.356. The Kier molecular flexibility index (Phi) is 6.43. The van der Waals surface area contributed by atoms with Crippen LogP contribution in [0.3, 0.4) is 0 Å². The van der Waals surface area contributed by atoms with Gasteiger partial charge in [0.25, 0.3) is 5.56 Å². The number of thioether (sulfide) groups is 1. The Morgan fingerprint density at radius 2 is 1.97 bits per heavy atom. The molecule has 2 N–H and O–H groups in total. The van der Waals surface area contributed by atoms with Gasteiger partial charge in [-0.2, -0.15) is 0 Å². The number of imide groups is 1. The first-order chi connectivity index (χ1) is 15.0. The summed E-state index contributed by atoms with van der Waals surface area (Å²) < 4.78 is 1.62. The standard InChI is InChI=1S/C22H24N4O3S2/c1-13-8-6-7-10-15(13)26-20(28)18-14-9-4-3-5-11-16(14)31-19(18)25-22(26)30-12-17(27)24-21(29)23-2/h6-8,10H,3-5,9,11-12H2,1-2H3,(H2,23,24,27,29). The van der Waals surface area contributed by atoms with Gasteiger partial charge in [-0.05, 0) is 49.8 Å². The summed E-state index contributed by atoms with van der Waals surface area (Å²) in [6.07, 6.45) is 5.28. The number of nitrogens with zero attached hydrogens (tertiary/aromatic N) is 2. The van der Waals surface area contributed by atoms with Crippen LogP contribution in [-0.2, 0) is 17.6 Å². The van der Waals surface area contributed by atoms with Crippen LogP contribution in [0.4, 0.5) is 4.79 Å². The van der Waals surface area contributed by atoms with Crippen molar-refractivity contribution >= 4 is 45.3 Å². The van der Waals surface area contributed by atoms with E-state index in [0.29, 0.717) is 10.5 Å². The van der Waals surface area contributed by atoms with Crippen LogP contribution in [0.15, 0.2) is 34.2 Å². The van der Waals surface area contributed by atoms with Gasteiger partial charge in [0.15, 0.2) is 5.16 Å². The average molecular weight is 457 g/mol. The lowest BCUT2D eigenvalue weighted by Gasteiger charge is -2.14. The van der Waals surface area contributed by atoms with Gasteiger partial charge in [0.1, 0.15) is 4.83 Å². The highest BCUT2D eigenvalue weighted by Crippen LogP contribution is 2.34. The maximum absolute atomic E-state index is 13.8. The number of aromatic nitrogens is 2. The van der Waals surface area contributed by atoms with Crippen LogP contribution in [0.2, 0.25) is 0 Å². The third kappa shape index (κ3) is 4.38. The Hall–Kier alpha value is -2.65. The Morgan fingerprint density at radius 1 is 1.19 bits per heavy atom. The zero-order chi connectivity index (χ0) is 22.0. The zero-order valence-corrected chi connectivity index (χ0v) is 19.1. The molecule has 4 rings (SSSR count). The minimum absolute atomic E-state index is 0.0255. The zero-order valence-electron chi connectivity index (χ0n) is 17.5. The summed E-state index contributed by atoms with van der Waals surface area (Å²) in [6.45, 7) is 1.95. The largest absolute Gasteiger partial charge is 0.341 e. The number of hydrogen-bond acceptors (Lipinski definition) is 6. The smallest absolute Gasteiger partial charge is 0.321 e. The molecular formula is C22H24N4O3S2. The summed E-state index contributed by atoms with van der Waals surface area (Å²) in [7, 11) is 1.45. The molecule has 2 aromatic heterocycles. The van der Waals surface area contributed by atoms with E-state index in [0.717, 1.165) is 59.1 Å². The molecular weight excluding hydrogens is 432 g/mol. The lowest BCUT2D eigenvalue weighted by molar-refractivity contribution is -0.117. The molecule has 0 saturated heterocycles. The molecule has 31 heavy (non-hydrogen) atoms. The number of carbonyl (C=O) groups is 2. The Bertz CT molecular complexity index is 1220. The van der Waals surface area contributed by atoms with Crippen molar-refractivity contribution in [1.29, 1.82) is 0 Å². The first kappa shape index (κ1) is 21.6. The van der Waals surface area contributed by atoms with Crippen LogP contribution in [0.25, 0.3) is 15.9 Å². The second-order valence-electron chi connectivity index (χ2n) is 7.48. The van der Waals surface area contributed by atoms with Gasteiger partial charge in [0.2, 0.25) is 5.91 Å². The van der Waals surface area contributed by atoms with Gasteiger partial charge < -0.3 is 5.32 Å². The van der Waals surface area contributed by atoms with Crippen molar-refractivity contribution in [2.45, 2.75) is 44.2 Å². The van der Waals surface area contributed by atoms with Gasteiger partial charge in [-0.25, -0.2) is 9.78 Å². The van der Waals surface area contributed by atoms with Crippen molar-refractivity contribution < 1.29 is 9.59 Å². The summed E-state index contributed by atoms with van der Waals surface area (Å²) in [5, 5.41) is 5.77. The van der Waals surface area contributed by atoms with E-state index in [4.69, 9.17) is 4.98 Å². The third-order valence-electron chi connectivity index (χ3n) is 5.38. The van der Waals surface area contributed by atoms with Crippen molar-refractivity contribution in [1.82, 2.24) is 20.2 Å². The van der Waals surface area contributed by atoms with Crippen LogP contribution in [0, 0.1) is 6.92 Å². The first-order valence-electron chi connectivity index (χ1n) is 10.3. The second kappa shape index (κ2) is 9.23. The Balaban J connectivity index is 1.83. The predicted molar refractivity (Wildman–Crippen MR) is 125 cm³/mol. The van der Waals surface area contributed by atoms with Gasteiger partial charge >= 0.3 is 6.03 Å². The number of hydrogen-bond donors (Lipinski definition) is 2. The normalized spacial score (nSPS) is 13.5. The molecule has 0 fully saturated rings. The molecule has 162 valence electrons.